The lowest BCUT2D eigenvalue weighted by atomic mass is 9.72. The number of nitrogens with two attached hydrogens (primary N) is 1. The third-order valence-electron chi connectivity index (χ3n) is 3.69. The molecule has 2 heterocycles. The molecule has 1 aliphatic heterocycles. The second-order valence-corrected chi connectivity index (χ2v) is 5.75. The van der Waals surface area contributed by atoms with Gasteiger partial charge in [0, 0.05) is 23.4 Å². The summed E-state index contributed by atoms with van der Waals surface area (Å²) >= 11 is 1.60. The molecule has 0 bridgehead atoms. The highest BCUT2D eigenvalue weighted by molar-refractivity contribution is 7.10. The third-order valence-corrected chi connectivity index (χ3v) is 4.57. The molecule has 3 N–H and O–H groups in total. The summed E-state index contributed by atoms with van der Waals surface area (Å²) in [5.74, 6) is 0.490. The Morgan fingerprint density at radius 3 is 3.29 bits per heavy atom. The number of fused-ring (bicyclic) bond motifs is 1. The second kappa shape index (κ2) is 4.40. The van der Waals surface area contributed by atoms with Gasteiger partial charge in [-0.25, -0.2) is 0 Å². The molecule has 1 aromatic rings. The van der Waals surface area contributed by atoms with Crippen molar-refractivity contribution in [1.29, 1.82) is 0 Å². The minimum absolute atomic E-state index is 0.00922. The molecule has 1 amide bonds. The number of ether oxygens (including phenoxy) is 1. The summed E-state index contributed by atoms with van der Waals surface area (Å²) in [6, 6.07) is 4.00. The number of carbonyl (C=O) groups is 1. The van der Waals surface area contributed by atoms with Crippen molar-refractivity contribution in [1.82, 2.24) is 5.32 Å². The zero-order valence-electron chi connectivity index (χ0n) is 9.46. The molecule has 0 aromatic carbocycles. The zero-order chi connectivity index (χ0) is 11.8. The summed E-state index contributed by atoms with van der Waals surface area (Å²) in [6.45, 7) is 0.778. The van der Waals surface area contributed by atoms with E-state index in [4.69, 9.17) is 10.5 Å². The van der Waals surface area contributed by atoms with Crippen LogP contribution in [-0.2, 0) is 16.0 Å². The maximum absolute atomic E-state index is 11.8. The lowest BCUT2D eigenvalue weighted by Crippen LogP contribution is -2.69. The monoisotopic (exact) mass is 252 g/mol. The van der Waals surface area contributed by atoms with Crippen LogP contribution in [0, 0.1) is 5.92 Å². The molecule has 2 aliphatic rings. The van der Waals surface area contributed by atoms with E-state index in [0.29, 0.717) is 12.3 Å². The number of hydrogen-bond donors (Lipinski definition) is 2. The van der Waals surface area contributed by atoms with Crippen molar-refractivity contribution in [3.8, 4) is 0 Å². The van der Waals surface area contributed by atoms with Crippen molar-refractivity contribution in [2.24, 2.45) is 11.7 Å². The van der Waals surface area contributed by atoms with Crippen LogP contribution < -0.4 is 11.1 Å². The van der Waals surface area contributed by atoms with Crippen LogP contribution in [0.25, 0.3) is 0 Å². The van der Waals surface area contributed by atoms with Crippen molar-refractivity contribution in [2.75, 3.05) is 6.61 Å². The summed E-state index contributed by atoms with van der Waals surface area (Å²) in [5, 5.41) is 4.97. The Morgan fingerprint density at radius 2 is 2.53 bits per heavy atom. The quantitative estimate of drug-likeness (QED) is 0.824. The summed E-state index contributed by atoms with van der Waals surface area (Å²) < 4.78 is 5.58. The van der Waals surface area contributed by atoms with Gasteiger partial charge in [0.05, 0.1) is 18.6 Å². The fourth-order valence-electron chi connectivity index (χ4n) is 2.74. The molecule has 0 spiro atoms. The number of hydrogen-bond acceptors (Lipinski definition) is 4. The number of thiophene rings is 1. The van der Waals surface area contributed by atoms with E-state index >= 15 is 0 Å². The number of amides is 1. The Kier molecular flexibility index (Phi) is 2.90. The standard InChI is InChI=1S/C12H16N2O2S/c13-10-8-3-4-16-12(8)11(10)14-9(15)6-7-2-1-5-17-7/h1-2,5,8,10-12H,3-4,6,13H2,(H,14,15). The van der Waals surface area contributed by atoms with Crippen LogP contribution >= 0.6 is 11.3 Å². The second-order valence-electron chi connectivity index (χ2n) is 4.71. The maximum atomic E-state index is 11.8. The summed E-state index contributed by atoms with van der Waals surface area (Å²) in [6.07, 6.45) is 1.62. The number of rotatable bonds is 3. The van der Waals surface area contributed by atoms with E-state index in [-0.39, 0.29) is 24.1 Å². The molecule has 1 saturated heterocycles. The van der Waals surface area contributed by atoms with Crippen molar-refractivity contribution < 1.29 is 9.53 Å². The summed E-state index contributed by atoms with van der Waals surface area (Å²) in [7, 11) is 0. The van der Waals surface area contributed by atoms with Crippen LogP contribution in [0.4, 0.5) is 0 Å². The molecule has 4 atom stereocenters. The molecule has 1 aromatic heterocycles. The average molecular weight is 252 g/mol. The van der Waals surface area contributed by atoms with Gasteiger partial charge in [0.15, 0.2) is 0 Å². The van der Waals surface area contributed by atoms with E-state index in [1.807, 2.05) is 17.5 Å². The third kappa shape index (κ3) is 1.99. The molecule has 92 valence electrons. The molecule has 1 aliphatic carbocycles. The Balaban J connectivity index is 1.55. The van der Waals surface area contributed by atoms with Gasteiger partial charge in [0.25, 0.3) is 0 Å². The highest BCUT2D eigenvalue weighted by Gasteiger charge is 2.52. The van der Waals surface area contributed by atoms with Gasteiger partial charge in [-0.05, 0) is 17.9 Å². The molecule has 3 rings (SSSR count). The van der Waals surface area contributed by atoms with Gasteiger partial charge in [0.1, 0.15) is 0 Å². The highest BCUT2D eigenvalue weighted by atomic mass is 32.1. The van der Waals surface area contributed by atoms with Crippen LogP contribution in [-0.4, -0.2) is 30.7 Å². The van der Waals surface area contributed by atoms with E-state index in [1.165, 1.54) is 0 Å². The average Bonchev–Trinajstić information content (AvgIpc) is 2.94. The van der Waals surface area contributed by atoms with Crippen molar-refractivity contribution in [2.45, 2.75) is 31.0 Å². The molecule has 1 saturated carbocycles. The SMILES string of the molecule is NC1C2CCOC2C1NC(=O)Cc1cccs1. The van der Waals surface area contributed by atoms with Gasteiger partial charge >= 0.3 is 0 Å². The van der Waals surface area contributed by atoms with E-state index in [9.17, 15) is 4.79 Å². The van der Waals surface area contributed by atoms with Gasteiger partial charge < -0.3 is 15.8 Å². The summed E-state index contributed by atoms with van der Waals surface area (Å²) in [4.78, 5) is 12.9. The van der Waals surface area contributed by atoms with Crippen LogP contribution in [0.5, 0.6) is 0 Å². The smallest absolute Gasteiger partial charge is 0.225 e. The van der Waals surface area contributed by atoms with Crippen LogP contribution in [0.15, 0.2) is 17.5 Å². The predicted octanol–water partition coefficient (Wildman–Crippen LogP) is 0.521. The first-order valence-corrected chi connectivity index (χ1v) is 6.82. The normalized spacial score (nSPS) is 35.1. The minimum Gasteiger partial charge on any atom is -0.376 e. The number of nitrogens with one attached hydrogen (secondary N) is 1. The van der Waals surface area contributed by atoms with Gasteiger partial charge in [-0.15, -0.1) is 11.3 Å². The first-order valence-electron chi connectivity index (χ1n) is 5.94. The Labute approximate surface area is 104 Å². The minimum atomic E-state index is 0.00922. The molecular formula is C12H16N2O2S. The highest BCUT2D eigenvalue weighted by Crippen LogP contribution is 2.37. The molecule has 2 fully saturated rings. The van der Waals surface area contributed by atoms with Gasteiger partial charge in [0.2, 0.25) is 5.91 Å². The van der Waals surface area contributed by atoms with E-state index in [1.54, 1.807) is 11.3 Å². The molecule has 0 radical (unpaired) electrons. The summed E-state index contributed by atoms with van der Waals surface area (Å²) in [5.41, 5.74) is 6.04. The number of carbonyl (C=O) groups excluding carboxylic acids is 1. The molecule has 4 unspecified atom stereocenters. The fourth-order valence-corrected chi connectivity index (χ4v) is 3.44. The van der Waals surface area contributed by atoms with Crippen LogP contribution in [0.1, 0.15) is 11.3 Å². The largest absolute Gasteiger partial charge is 0.376 e. The van der Waals surface area contributed by atoms with E-state index < -0.39 is 0 Å². The Morgan fingerprint density at radius 1 is 1.65 bits per heavy atom. The first kappa shape index (κ1) is 11.2. The van der Waals surface area contributed by atoms with Gasteiger partial charge in [-0.1, -0.05) is 6.07 Å². The molecule has 5 heteroatoms. The van der Waals surface area contributed by atoms with Gasteiger partial charge in [-0.2, -0.15) is 0 Å². The maximum Gasteiger partial charge on any atom is 0.225 e. The van der Waals surface area contributed by atoms with Crippen molar-refractivity contribution in [3.05, 3.63) is 22.4 Å². The first-order chi connectivity index (χ1) is 8.25. The lowest BCUT2D eigenvalue weighted by molar-refractivity contribution is -0.124. The molecule has 17 heavy (non-hydrogen) atoms. The molecular weight excluding hydrogens is 236 g/mol. The van der Waals surface area contributed by atoms with Gasteiger partial charge in [-0.3, -0.25) is 4.79 Å². The lowest BCUT2D eigenvalue weighted by Gasteiger charge is -2.45. The van der Waals surface area contributed by atoms with Crippen molar-refractivity contribution in [3.63, 3.8) is 0 Å². The van der Waals surface area contributed by atoms with Crippen molar-refractivity contribution >= 4 is 17.2 Å². The fraction of sp³-hybridized carbons (Fsp3) is 0.583. The topological polar surface area (TPSA) is 64.3 Å². The van der Waals surface area contributed by atoms with E-state index in [0.717, 1.165) is 17.9 Å². The van der Waals surface area contributed by atoms with Crippen LogP contribution in [0.3, 0.4) is 0 Å². The molecule has 4 nitrogen and oxygen atoms in total. The Bertz CT molecular complexity index is 407. The zero-order valence-corrected chi connectivity index (χ0v) is 10.3. The predicted molar refractivity (Wildman–Crippen MR) is 65.8 cm³/mol. The van der Waals surface area contributed by atoms with Crippen LogP contribution in [0.2, 0.25) is 0 Å². The van der Waals surface area contributed by atoms with E-state index in [2.05, 4.69) is 5.32 Å². The Hall–Kier alpha value is -0.910.